The summed E-state index contributed by atoms with van der Waals surface area (Å²) in [6.45, 7) is 6.94. The van der Waals surface area contributed by atoms with Crippen LogP contribution in [0.1, 0.15) is 78.6 Å². The second-order valence-corrected chi connectivity index (χ2v) is 9.67. The Morgan fingerprint density at radius 2 is 1.68 bits per heavy atom. The maximum atomic E-state index is 11.9. The summed E-state index contributed by atoms with van der Waals surface area (Å²) in [7, 11) is 0. The highest BCUT2D eigenvalue weighted by atomic mass is 16.3. The van der Waals surface area contributed by atoms with Gasteiger partial charge in [0.2, 0.25) is 0 Å². The molecule has 0 aromatic rings. The summed E-state index contributed by atoms with van der Waals surface area (Å²) in [5, 5.41) is 10.9. The van der Waals surface area contributed by atoms with Crippen molar-refractivity contribution in [3.8, 4) is 0 Å². The zero-order valence-electron chi connectivity index (χ0n) is 14.5. The van der Waals surface area contributed by atoms with Gasteiger partial charge in [0.15, 0.2) is 0 Å². The Balaban J connectivity index is 1.65. The number of hydrogen-bond acceptors (Lipinski definition) is 2. The minimum atomic E-state index is -0.469. The van der Waals surface area contributed by atoms with E-state index in [0.717, 1.165) is 37.5 Å². The maximum absolute atomic E-state index is 11.9. The summed E-state index contributed by atoms with van der Waals surface area (Å²) >= 11 is 0. The van der Waals surface area contributed by atoms with Crippen LogP contribution in [0.3, 0.4) is 0 Å². The van der Waals surface area contributed by atoms with Crippen LogP contribution in [0.25, 0.3) is 0 Å². The van der Waals surface area contributed by atoms with Gasteiger partial charge in [0.05, 0.1) is 5.60 Å². The zero-order chi connectivity index (χ0) is 15.8. The molecule has 124 valence electrons. The Labute approximate surface area is 135 Å². The van der Waals surface area contributed by atoms with Crippen LogP contribution in [-0.4, -0.2) is 16.5 Å². The summed E-state index contributed by atoms with van der Waals surface area (Å²) in [5.41, 5.74) is 0.0530. The number of fused-ring (bicyclic) bond motifs is 5. The standard InChI is InChI=1S/C20H32O2/c1-18-9-6-14(21)12-13(18)4-5-15-16(18)7-10-19(2)17(15)8-11-20(19,3)22/h13,15-17,22H,4-12H2,1-3H3/t13-,15+,16-,17-,18-,19+,20-/m0/s1. The molecule has 0 amide bonds. The first-order valence-corrected chi connectivity index (χ1v) is 9.52. The van der Waals surface area contributed by atoms with Crippen molar-refractivity contribution in [3.05, 3.63) is 0 Å². The summed E-state index contributed by atoms with van der Waals surface area (Å²) < 4.78 is 0. The van der Waals surface area contributed by atoms with Crippen LogP contribution in [0.4, 0.5) is 0 Å². The minimum absolute atomic E-state index is 0.127. The lowest BCUT2D eigenvalue weighted by molar-refractivity contribution is -0.152. The topological polar surface area (TPSA) is 37.3 Å². The number of Topliss-reactive ketones (excluding diaryl/α,β-unsaturated/α-hetero) is 1. The largest absolute Gasteiger partial charge is 0.390 e. The second kappa shape index (κ2) is 4.59. The molecule has 2 nitrogen and oxygen atoms in total. The molecule has 4 fully saturated rings. The third-order valence-corrected chi connectivity index (χ3v) is 9.04. The lowest BCUT2D eigenvalue weighted by Gasteiger charge is -2.60. The van der Waals surface area contributed by atoms with Gasteiger partial charge in [-0.1, -0.05) is 13.8 Å². The Morgan fingerprint density at radius 3 is 2.45 bits per heavy atom. The molecule has 0 aliphatic heterocycles. The first-order valence-electron chi connectivity index (χ1n) is 9.52. The summed E-state index contributed by atoms with van der Waals surface area (Å²) in [6.07, 6.45) is 9.98. The predicted molar refractivity (Wildman–Crippen MR) is 87.4 cm³/mol. The predicted octanol–water partition coefficient (Wildman–Crippen LogP) is 4.35. The third kappa shape index (κ3) is 1.79. The van der Waals surface area contributed by atoms with E-state index in [1.165, 1.54) is 32.1 Å². The normalized spacial score (nSPS) is 57.9. The smallest absolute Gasteiger partial charge is 0.133 e. The number of ketones is 1. The Hall–Kier alpha value is -0.370. The van der Waals surface area contributed by atoms with Crippen LogP contribution < -0.4 is 0 Å². The molecule has 1 N–H and O–H groups in total. The minimum Gasteiger partial charge on any atom is -0.390 e. The van der Waals surface area contributed by atoms with Crippen molar-refractivity contribution in [2.45, 2.75) is 84.2 Å². The number of rotatable bonds is 0. The van der Waals surface area contributed by atoms with Crippen LogP contribution in [0, 0.1) is 34.5 Å². The van der Waals surface area contributed by atoms with Gasteiger partial charge in [0.25, 0.3) is 0 Å². The number of aliphatic hydroxyl groups is 1. The van der Waals surface area contributed by atoms with Crippen molar-refractivity contribution >= 4 is 5.78 Å². The third-order valence-electron chi connectivity index (χ3n) is 9.04. The van der Waals surface area contributed by atoms with Crippen molar-refractivity contribution in [3.63, 3.8) is 0 Å². The van der Waals surface area contributed by atoms with Crippen LogP contribution >= 0.6 is 0 Å². The van der Waals surface area contributed by atoms with Crippen LogP contribution in [0.2, 0.25) is 0 Å². The highest BCUT2D eigenvalue weighted by molar-refractivity contribution is 5.79. The highest BCUT2D eigenvalue weighted by Crippen LogP contribution is 2.67. The van der Waals surface area contributed by atoms with E-state index in [9.17, 15) is 9.90 Å². The Bertz CT molecular complexity index is 496. The van der Waals surface area contributed by atoms with E-state index in [0.29, 0.717) is 23.0 Å². The average Bonchev–Trinajstić information content (AvgIpc) is 2.70. The van der Waals surface area contributed by atoms with E-state index in [4.69, 9.17) is 0 Å². The van der Waals surface area contributed by atoms with Crippen molar-refractivity contribution in [2.75, 3.05) is 0 Å². The lowest BCUT2D eigenvalue weighted by atomic mass is 9.44. The Kier molecular flexibility index (Phi) is 3.16. The lowest BCUT2D eigenvalue weighted by Crippen LogP contribution is -2.55. The fourth-order valence-electron chi connectivity index (χ4n) is 7.29. The van der Waals surface area contributed by atoms with Gasteiger partial charge in [-0.05, 0) is 86.4 Å². The van der Waals surface area contributed by atoms with E-state index >= 15 is 0 Å². The molecule has 0 unspecified atom stereocenters. The van der Waals surface area contributed by atoms with Gasteiger partial charge in [0.1, 0.15) is 5.78 Å². The number of carbonyl (C=O) groups is 1. The number of carbonyl (C=O) groups excluding carboxylic acids is 1. The molecule has 0 aromatic heterocycles. The van der Waals surface area contributed by atoms with Gasteiger partial charge in [0, 0.05) is 12.8 Å². The van der Waals surface area contributed by atoms with Crippen LogP contribution in [0.5, 0.6) is 0 Å². The van der Waals surface area contributed by atoms with Crippen LogP contribution in [0.15, 0.2) is 0 Å². The van der Waals surface area contributed by atoms with Crippen molar-refractivity contribution in [2.24, 2.45) is 34.5 Å². The van der Waals surface area contributed by atoms with E-state index in [1.54, 1.807) is 0 Å². The molecule has 0 spiro atoms. The van der Waals surface area contributed by atoms with E-state index < -0.39 is 5.60 Å². The molecule has 22 heavy (non-hydrogen) atoms. The van der Waals surface area contributed by atoms with E-state index in [-0.39, 0.29) is 5.41 Å². The Morgan fingerprint density at radius 1 is 0.955 bits per heavy atom. The highest BCUT2D eigenvalue weighted by Gasteiger charge is 2.63. The van der Waals surface area contributed by atoms with Crippen molar-refractivity contribution in [1.82, 2.24) is 0 Å². The SMILES string of the molecule is C[C@]12CCC(=O)C[C@@H]1CC[C@@H]1[C@@H]2CC[C@]2(C)[C@H]1CC[C@]2(C)O. The molecular formula is C20H32O2. The summed E-state index contributed by atoms with van der Waals surface area (Å²) in [5.74, 6) is 3.44. The molecule has 4 aliphatic carbocycles. The van der Waals surface area contributed by atoms with E-state index in [2.05, 4.69) is 20.8 Å². The molecule has 2 heteroatoms. The molecule has 7 atom stereocenters. The fraction of sp³-hybridized carbons (Fsp3) is 0.950. The molecule has 0 heterocycles. The molecule has 4 aliphatic rings. The molecule has 0 saturated heterocycles. The maximum Gasteiger partial charge on any atom is 0.133 e. The van der Waals surface area contributed by atoms with Gasteiger partial charge >= 0.3 is 0 Å². The first kappa shape index (κ1) is 15.2. The van der Waals surface area contributed by atoms with Gasteiger partial charge in [-0.2, -0.15) is 0 Å². The molecule has 0 bridgehead atoms. The van der Waals surface area contributed by atoms with Crippen molar-refractivity contribution in [1.29, 1.82) is 0 Å². The quantitative estimate of drug-likeness (QED) is 0.722. The first-order chi connectivity index (χ1) is 10.3. The average molecular weight is 304 g/mol. The van der Waals surface area contributed by atoms with Gasteiger partial charge < -0.3 is 5.11 Å². The van der Waals surface area contributed by atoms with Gasteiger partial charge in [-0.25, -0.2) is 0 Å². The monoisotopic (exact) mass is 304 g/mol. The van der Waals surface area contributed by atoms with Gasteiger partial charge in [-0.3, -0.25) is 4.79 Å². The second-order valence-electron chi connectivity index (χ2n) is 9.67. The fourth-order valence-corrected chi connectivity index (χ4v) is 7.29. The summed E-state index contributed by atoms with van der Waals surface area (Å²) in [6, 6.07) is 0. The van der Waals surface area contributed by atoms with Gasteiger partial charge in [-0.15, -0.1) is 0 Å². The summed E-state index contributed by atoms with van der Waals surface area (Å²) in [4.78, 5) is 11.9. The molecule has 4 rings (SSSR count). The van der Waals surface area contributed by atoms with Crippen molar-refractivity contribution < 1.29 is 9.90 Å². The number of hydrogen-bond donors (Lipinski definition) is 1. The molecule has 4 saturated carbocycles. The molecule has 0 aromatic carbocycles. The zero-order valence-corrected chi connectivity index (χ0v) is 14.5. The molecule has 0 radical (unpaired) electrons. The van der Waals surface area contributed by atoms with Crippen LogP contribution in [-0.2, 0) is 4.79 Å². The van der Waals surface area contributed by atoms with E-state index in [1.807, 2.05) is 0 Å². The molecular weight excluding hydrogens is 272 g/mol.